The fourth-order valence-corrected chi connectivity index (χ4v) is 1.30. The predicted octanol–water partition coefficient (Wildman–Crippen LogP) is 1.31. The Kier molecular flexibility index (Phi) is 15.0. The molecule has 0 atom stereocenters. The zero-order valence-electron chi connectivity index (χ0n) is 6.21. The van der Waals surface area contributed by atoms with Crippen LogP contribution in [0.5, 0.6) is 0 Å². The molecule has 0 aromatic heterocycles. The molecular weight excluding hydrogens is 154 g/mol. The number of rotatable bonds is 0. The lowest BCUT2D eigenvalue weighted by Crippen LogP contribution is -1.77. The number of thioether (sulfide) groups is 2. The van der Waals surface area contributed by atoms with Crippen LogP contribution in [0.4, 0.5) is 0 Å². The van der Waals surface area contributed by atoms with Crippen LogP contribution in [-0.4, -0.2) is 36.2 Å². The van der Waals surface area contributed by atoms with Gasteiger partial charge in [-0.15, -0.1) is 23.5 Å². The third kappa shape index (κ3) is 8.33. The molecule has 0 radical (unpaired) electrons. The summed E-state index contributed by atoms with van der Waals surface area (Å²) in [7, 11) is 2.81. The maximum absolute atomic E-state index is 7.00. The van der Waals surface area contributed by atoms with Gasteiger partial charge in [0.15, 0.2) is 0 Å². The van der Waals surface area contributed by atoms with E-state index in [9.17, 15) is 0 Å². The molecule has 2 nitrogen and oxygen atoms in total. The first kappa shape index (κ1) is 12.0. The summed E-state index contributed by atoms with van der Waals surface area (Å²) in [4.78, 5) is 3.97. The van der Waals surface area contributed by atoms with Crippen molar-refractivity contribution in [2.75, 3.05) is 26.7 Å². The van der Waals surface area contributed by atoms with E-state index in [1.165, 1.54) is 0 Å². The van der Waals surface area contributed by atoms with Crippen LogP contribution >= 0.6 is 23.5 Å². The Morgan fingerprint density at radius 2 is 1.56 bits per heavy atom. The van der Waals surface area contributed by atoms with Crippen molar-refractivity contribution in [1.29, 1.82) is 0 Å². The molecular formula is C5H13NOS2. The molecule has 0 heterocycles. The summed E-state index contributed by atoms with van der Waals surface area (Å²) in [5.41, 5.74) is 0. The van der Waals surface area contributed by atoms with Crippen LogP contribution in [0.2, 0.25) is 0 Å². The standard InChI is InChI=1S/C4H9NS2.CH4O/c1-5-4(6-2)7-3;1-2/h1-3H3;2H,1H3. The second-order valence-corrected chi connectivity index (χ2v) is 2.75. The summed E-state index contributed by atoms with van der Waals surface area (Å²) in [5, 5.41) is 7.00. The molecule has 1 N–H and O–H groups in total. The summed E-state index contributed by atoms with van der Waals surface area (Å²) in [5.74, 6) is 0. The first-order valence-electron chi connectivity index (χ1n) is 2.34. The molecule has 0 amide bonds. The quantitative estimate of drug-likeness (QED) is 0.436. The Morgan fingerprint density at radius 3 is 1.56 bits per heavy atom. The van der Waals surface area contributed by atoms with Crippen molar-refractivity contribution in [2.24, 2.45) is 4.99 Å². The van der Waals surface area contributed by atoms with Crippen molar-refractivity contribution >= 4 is 27.9 Å². The van der Waals surface area contributed by atoms with Crippen molar-refractivity contribution in [3.8, 4) is 0 Å². The third-order valence-electron chi connectivity index (χ3n) is 0.532. The second-order valence-electron chi connectivity index (χ2n) is 0.898. The van der Waals surface area contributed by atoms with Crippen LogP contribution < -0.4 is 0 Å². The minimum Gasteiger partial charge on any atom is -0.400 e. The lowest BCUT2D eigenvalue weighted by atomic mass is 11.4. The van der Waals surface area contributed by atoms with Gasteiger partial charge in [0.25, 0.3) is 0 Å². The van der Waals surface area contributed by atoms with E-state index in [4.69, 9.17) is 5.11 Å². The van der Waals surface area contributed by atoms with Gasteiger partial charge in [0, 0.05) is 14.2 Å². The second kappa shape index (κ2) is 11.2. The van der Waals surface area contributed by atoms with Crippen molar-refractivity contribution in [3.63, 3.8) is 0 Å². The molecule has 4 heteroatoms. The fourth-order valence-electron chi connectivity index (χ4n) is 0.266. The number of aliphatic imine (C=N–C) groups is 1. The molecule has 0 aliphatic carbocycles. The molecule has 0 aromatic rings. The van der Waals surface area contributed by atoms with E-state index in [1.807, 2.05) is 19.6 Å². The van der Waals surface area contributed by atoms with Gasteiger partial charge in [0.05, 0.1) is 0 Å². The van der Waals surface area contributed by atoms with Gasteiger partial charge in [0.2, 0.25) is 0 Å². The van der Waals surface area contributed by atoms with Gasteiger partial charge >= 0.3 is 0 Å². The van der Waals surface area contributed by atoms with E-state index in [0.717, 1.165) is 11.5 Å². The van der Waals surface area contributed by atoms with Crippen molar-refractivity contribution in [1.82, 2.24) is 0 Å². The highest BCUT2D eigenvalue weighted by atomic mass is 32.2. The summed E-state index contributed by atoms with van der Waals surface area (Å²) >= 11 is 3.37. The minimum atomic E-state index is 1.00. The highest BCUT2D eigenvalue weighted by molar-refractivity contribution is 8.38. The molecule has 0 saturated carbocycles. The highest BCUT2D eigenvalue weighted by Gasteiger charge is 1.85. The molecule has 0 saturated heterocycles. The van der Waals surface area contributed by atoms with E-state index in [-0.39, 0.29) is 0 Å². The minimum absolute atomic E-state index is 1.00. The normalized spacial score (nSPS) is 7.22. The summed E-state index contributed by atoms with van der Waals surface area (Å²) in [6.45, 7) is 0. The van der Waals surface area contributed by atoms with Gasteiger partial charge in [-0.25, -0.2) is 0 Å². The molecule has 0 rings (SSSR count). The summed E-state index contributed by atoms with van der Waals surface area (Å²) in [6.07, 6.45) is 4.05. The molecule has 9 heavy (non-hydrogen) atoms. The zero-order chi connectivity index (χ0) is 7.70. The number of aliphatic hydroxyl groups excluding tert-OH is 1. The number of hydrogen-bond donors (Lipinski definition) is 1. The average Bonchev–Trinajstić information content (AvgIpc) is 1.96. The Bertz CT molecular complexity index is 69.4. The van der Waals surface area contributed by atoms with Crippen molar-refractivity contribution in [2.45, 2.75) is 0 Å². The van der Waals surface area contributed by atoms with E-state index in [0.29, 0.717) is 0 Å². The maximum Gasteiger partial charge on any atom is 0.123 e. The molecule has 56 valence electrons. The first-order chi connectivity index (χ1) is 4.35. The molecule has 0 aliphatic rings. The number of hydrogen-bond acceptors (Lipinski definition) is 4. The predicted molar refractivity (Wildman–Crippen MR) is 48.5 cm³/mol. The topological polar surface area (TPSA) is 32.6 Å². The molecule has 0 bridgehead atoms. The fraction of sp³-hybridized carbons (Fsp3) is 0.800. The van der Waals surface area contributed by atoms with Crippen LogP contribution in [0, 0.1) is 0 Å². The third-order valence-corrected chi connectivity index (χ3v) is 2.60. The van der Waals surface area contributed by atoms with Crippen LogP contribution in [0.3, 0.4) is 0 Å². The summed E-state index contributed by atoms with van der Waals surface area (Å²) < 4.78 is 1.14. The lowest BCUT2D eigenvalue weighted by molar-refractivity contribution is 0.399. The van der Waals surface area contributed by atoms with Crippen LogP contribution in [0.15, 0.2) is 4.99 Å². The molecule has 0 spiro atoms. The van der Waals surface area contributed by atoms with Gasteiger partial charge in [0.1, 0.15) is 4.38 Å². The zero-order valence-corrected chi connectivity index (χ0v) is 7.84. The molecule has 0 unspecified atom stereocenters. The Hall–Kier alpha value is 0.330. The maximum atomic E-state index is 7.00. The van der Waals surface area contributed by atoms with Gasteiger partial charge in [-0.1, -0.05) is 0 Å². The number of nitrogens with zero attached hydrogens (tertiary/aromatic N) is 1. The van der Waals surface area contributed by atoms with Crippen LogP contribution in [-0.2, 0) is 0 Å². The number of aliphatic hydroxyl groups is 1. The van der Waals surface area contributed by atoms with Crippen molar-refractivity contribution < 1.29 is 5.11 Å². The van der Waals surface area contributed by atoms with Crippen LogP contribution in [0.25, 0.3) is 0 Å². The Labute approximate surface area is 65.1 Å². The van der Waals surface area contributed by atoms with Gasteiger partial charge in [-0.05, 0) is 12.5 Å². The highest BCUT2D eigenvalue weighted by Crippen LogP contribution is 2.08. The largest absolute Gasteiger partial charge is 0.400 e. The van der Waals surface area contributed by atoms with Gasteiger partial charge in [-0.3, -0.25) is 4.99 Å². The Balaban J connectivity index is 0. The lowest BCUT2D eigenvalue weighted by Gasteiger charge is -1.90. The Morgan fingerprint density at radius 1 is 1.22 bits per heavy atom. The van der Waals surface area contributed by atoms with E-state index in [1.54, 1.807) is 23.5 Å². The molecule has 0 fully saturated rings. The van der Waals surface area contributed by atoms with Crippen molar-refractivity contribution in [3.05, 3.63) is 0 Å². The van der Waals surface area contributed by atoms with Gasteiger partial charge < -0.3 is 5.11 Å². The van der Waals surface area contributed by atoms with Gasteiger partial charge in [-0.2, -0.15) is 0 Å². The summed E-state index contributed by atoms with van der Waals surface area (Å²) in [6, 6.07) is 0. The van der Waals surface area contributed by atoms with E-state index < -0.39 is 0 Å². The molecule has 0 aliphatic heterocycles. The SMILES string of the molecule is CN=C(SC)SC.CO. The smallest absolute Gasteiger partial charge is 0.123 e. The van der Waals surface area contributed by atoms with Crippen LogP contribution in [0.1, 0.15) is 0 Å². The first-order valence-corrected chi connectivity index (χ1v) is 4.79. The van der Waals surface area contributed by atoms with E-state index in [2.05, 4.69) is 4.99 Å². The van der Waals surface area contributed by atoms with E-state index >= 15 is 0 Å². The molecule has 0 aromatic carbocycles. The monoisotopic (exact) mass is 167 g/mol. The average molecular weight is 167 g/mol.